The standard InChI is InChI=1S/C18H21N3O3.ClH/c19-10-15-9-14(12-24-15)18(23)20-16(13-5-2-1-3-6-13)11-21-8-4-7-17(21)22;/h1-3,5-6,9,12,16H,4,7-8,10-11,19H2,(H,20,23);1H. The summed E-state index contributed by atoms with van der Waals surface area (Å²) < 4.78 is 5.22. The van der Waals surface area contributed by atoms with Crippen LogP contribution in [-0.4, -0.2) is 29.8 Å². The van der Waals surface area contributed by atoms with Crippen LogP contribution in [0.3, 0.4) is 0 Å². The molecule has 0 spiro atoms. The first kappa shape index (κ1) is 19.0. The molecule has 1 aromatic heterocycles. The second-order valence-corrected chi connectivity index (χ2v) is 5.89. The van der Waals surface area contributed by atoms with Crippen molar-refractivity contribution in [2.24, 2.45) is 5.73 Å². The molecule has 1 aliphatic heterocycles. The highest BCUT2D eigenvalue weighted by atomic mass is 35.5. The van der Waals surface area contributed by atoms with E-state index in [-0.39, 0.29) is 36.8 Å². The van der Waals surface area contributed by atoms with E-state index < -0.39 is 0 Å². The van der Waals surface area contributed by atoms with E-state index in [0.717, 1.165) is 18.5 Å². The topological polar surface area (TPSA) is 88.6 Å². The Morgan fingerprint density at radius 2 is 2.08 bits per heavy atom. The van der Waals surface area contributed by atoms with Gasteiger partial charge in [0, 0.05) is 19.5 Å². The van der Waals surface area contributed by atoms with Crippen LogP contribution in [0, 0.1) is 0 Å². The summed E-state index contributed by atoms with van der Waals surface area (Å²) in [6, 6.07) is 11.0. The molecule has 0 bridgehead atoms. The Labute approximate surface area is 152 Å². The van der Waals surface area contributed by atoms with Crippen molar-refractivity contribution in [3.05, 3.63) is 59.5 Å². The second kappa shape index (κ2) is 8.69. The van der Waals surface area contributed by atoms with Crippen molar-refractivity contribution in [3.63, 3.8) is 0 Å². The fourth-order valence-electron chi connectivity index (χ4n) is 2.89. The van der Waals surface area contributed by atoms with E-state index in [9.17, 15) is 9.59 Å². The molecule has 2 heterocycles. The maximum Gasteiger partial charge on any atom is 0.255 e. The Morgan fingerprint density at radius 3 is 2.68 bits per heavy atom. The number of likely N-dealkylation sites (tertiary alicyclic amines) is 1. The molecule has 3 N–H and O–H groups in total. The molecular formula is C18H22ClN3O3. The number of carbonyl (C=O) groups excluding carboxylic acids is 2. The van der Waals surface area contributed by atoms with Gasteiger partial charge in [0.05, 0.1) is 18.2 Å². The van der Waals surface area contributed by atoms with Gasteiger partial charge in [-0.25, -0.2) is 0 Å². The minimum atomic E-state index is -0.267. The SMILES string of the molecule is Cl.NCc1cc(C(=O)NC(CN2CCCC2=O)c2ccccc2)co1. The number of nitrogens with two attached hydrogens (primary N) is 1. The fourth-order valence-corrected chi connectivity index (χ4v) is 2.89. The van der Waals surface area contributed by atoms with Gasteiger partial charge in [-0.15, -0.1) is 12.4 Å². The molecule has 134 valence electrons. The average Bonchev–Trinajstić information content (AvgIpc) is 3.24. The minimum Gasteiger partial charge on any atom is -0.467 e. The molecule has 6 nitrogen and oxygen atoms in total. The molecule has 1 aromatic carbocycles. The Balaban J connectivity index is 0.00000225. The Hall–Kier alpha value is -2.31. The number of hydrogen-bond acceptors (Lipinski definition) is 4. The van der Waals surface area contributed by atoms with E-state index in [1.54, 1.807) is 11.0 Å². The van der Waals surface area contributed by atoms with E-state index >= 15 is 0 Å². The number of rotatable bonds is 6. The van der Waals surface area contributed by atoms with E-state index in [0.29, 0.717) is 24.3 Å². The van der Waals surface area contributed by atoms with Gasteiger partial charge in [0.2, 0.25) is 5.91 Å². The largest absolute Gasteiger partial charge is 0.467 e. The lowest BCUT2D eigenvalue weighted by atomic mass is 10.1. The first-order valence-electron chi connectivity index (χ1n) is 8.08. The number of nitrogens with zero attached hydrogens (tertiary/aromatic N) is 1. The second-order valence-electron chi connectivity index (χ2n) is 5.89. The number of carbonyl (C=O) groups is 2. The Kier molecular flexibility index (Phi) is 6.61. The third kappa shape index (κ3) is 4.61. The summed E-state index contributed by atoms with van der Waals surface area (Å²) in [6.07, 6.45) is 2.85. The maximum absolute atomic E-state index is 12.5. The van der Waals surface area contributed by atoms with Gasteiger partial charge in [-0.1, -0.05) is 30.3 Å². The zero-order valence-electron chi connectivity index (χ0n) is 13.8. The average molecular weight is 364 g/mol. The maximum atomic E-state index is 12.5. The molecule has 0 radical (unpaired) electrons. The van der Waals surface area contributed by atoms with E-state index in [1.807, 2.05) is 30.3 Å². The fraction of sp³-hybridized carbons (Fsp3) is 0.333. The van der Waals surface area contributed by atoms with Crippen molar-refractivity contribution in [1.29, 1.82) is 0 Å². The molecule has 3 rings (SSSR count). The molecule has 2 aromatic rings. The summed E-state index contributed by atoms with van der Waals surface area (Å²) in [6.45, 7) is 1.45. The molecule has 1 unspecified atom stereocenters. The van der Waals surface area contributed by atoms with Gasteiger partial charge >= 0.3 is 0 Å². The van der Waals surface area contributed by atoms with Crippen molar-refractivity contribution in [1.82, 2.24) is 10.2 Å². The van der Waals surface area contributed by atoms with Crippen LogP contribution in [0.25, 0.3) is 0 Å². The molecule has 1 fully saturated rings. The minimum absolute atomic E-state index is 0. The highest BCUT2D eigenvalue weighted by molar-refractivity contribution is 5.94. The molecule has 1 atom stereocenters. The predicted molar refractivity (Wildman–Crippen MR) is 96.3 cm³/mol. The molecular weight excluding hydrogens is 342 g/mol. The first-order chi connectivity index (χ1) is 11.7. The van der Waals surface area contributed by atoms with Crippen molar-refractivity contribution in [2.75, 3.05) is 13.1 Å². The van der Waals surface area contributed by atoms with Crippen molar-refractivity contribution in [3.8, 4) is 0 Å². The zero-order valence-corrected chi connectivity index (χ0v) is 14.6. The summed E-state index contributed by atoms with van der Waals surface area (Å²) in [4.78, 5) is 26.2. The van der Waals surface area contributed by atoms with Crippen molar-refractivity contribution in [2.45, 2.75) is 25.4 Å². The normalized spacial score (nSPS) is 14.9. The number of hydrogen-bond donors (Lipinski definition) is 2. The summed E-state index contributed by atoms with van der Waals surface area (Å²) >= 11 is 0. The first-order valence-corrected chi connectivity index (χ1v) is 8.08. The zero-order chi connectivity index (χ0) is 16.9. The molecule has 1 saturated heterocycles. The van der Waals surface area contributed by atoms with Crippen LogP contribution < -0.4 is 11.1 Å². The van der Waals surface area contributed by atoms with Crippen LogP contribution in [-0.2, 0) is 11.3 Å². The van der Waals surface area contributed by atoms with Gasteiger partial charge in [-0.05, 0) is 18.1 Å². The Morgan fingerprint density at radius 1 is 1.32 bits per heavy atom. The van der Waals surface area contributed by atoms with Crippen LogP contribution in [0.4, 0.5) is 0 Å². The predicted octanol–water partition coefficient (Wildman–Crippen LogP) is 2.25. The lowest BCUT2D eigenvalue weighted by molar-refractivity contribution is -0.128. The van der Waals surface area contributed by atoms with Gasteiger partial charge in [0.15, 0.2) is 0 Å². The third-order valence-corrected chi connectivity index (χ3v) is 4.20. The van der Waals surface area contributed by atoms with Crippen LogP contribution in [0.2, 0.25) is 0 Å². The molecule has 1 aliphatic rings. The molecule has 0 aliphatic carbocycles. The molecule has 0 saturated carbocycles. The molecule has 7 heteroatoms. The summed E-state index contributed by atoms with van der Waals surface area (Å²) in [7, 11) is 0. The van der Waals surface area contributed by atoms with Crippen molar-refractivity contribution < 1.29 is 14.0 Å². The van der Waals surface area contributed by atoms with Crippen LogP contribution in [0.15, 0.2) is 47.1 Å². The highest BCUT2D eigenvalue weighted by Crippen LogP contribution is 2.19. The smallest absolute Gasteiger partial charge is 0.255 e. The monoisotopic (exact) mass is 363 g/mol. The number of nitrogens with one attached hydrogen (secondary N) is 1. The summed E-state index contributed by atoms with van der Waals surface area (Å²) in [5, 5.41) is 3.00. The van der Waals surface area contributed by atoms with Gasteiger partial charge in [-0.2, -0.15) is 0 Å². The number of benzene rings is 1. The van der Waals surface area contributed by atoms with Gasteiger partial charge < -0.3 is 20.4 Å². The Bertz CT molecular complexity index is 717. The van der Waals surface area contributed by atoms with Crippen LogP contribution in [0.5, 0.6) is 0 Å². The number of halogens is 1. The highest BCUT2D eigenvalue weighted by Gasteiger charge is 2.25. The quantitative estimate of drug-likeness (QED) is 0.823. The van der Waals surface area contributed by atoms with E-state index in [1.165, 1.54) is 6.26 Å². The lowest BCUT2D eigenvalue weighted by Gasteiger charge is -2.25. The number of furan rings is 1. The van der Waals surface area contributed by atoms with E-state index in [2.05, 4.69) is 5.32 Å². The van der Waals surface area contributed by atoms with Gasteiger partial charge in [-0.3, -0.25) is 9.59 Å². The van der Waals surface area contributed by atoms with Gasteiger partial charge in [0.1, 0.15) is 12.0 Å². The van der Waals surface area contributed by atoms with Crippen LogP contribution >= 0.6 is 12.4 Å². The third-order valence-electron chi connectivity index (χ3n) is 4.20. The van der Waals surface area contributed by atoms with Gasteiger partial charge in [0.25, 0.3) is 5.91 Å². The molecule has 2 amide bonds. The summed E-state index contributed by atoms with van der Waals surface area (Å²) in [5.74, 6) is 0.462. The molecule has 25 heavy (non-hydrogen) atoms. The lowest BCUT2D eigenvalue weighted by Crippen LogP contribution is -2.38. The number of amides is 2. The summed E-state index contributed by atoms with van der Waals surface area (Å²) in [5.41, 5.74) is 6.91. The van der Waals surface area contributed by atoms with Crippen LogP contribution in [0.1, 0.15) is 40.6 Å². The van der Waals surface area contributed by atoms with E-state index in [4.69, 9.17) is 10.2 Å². The van der Waals surface area contributed by atoms with Crippen molar-refractivity contribution >= 4 is 24.2 Å².